The first-order chi connectivity index (χ1) is 4.70. The van der Waals surface area contributed by atoms with Crippen molar-refractivity contribution in [3.63, 3.8) is 0 Å². The first-order valence-corrected chi connectivity index (χ1v) is 3.64. The molecule has 0 spiro atoms. The van der Waals surface area contributed by atoms with E-state index in [1.54, 1.807) is 12.4 Å². The van der Waals surface area contributed by atoms with E-state index in [2.05, 4.69) is 25.9 Å². The van der Waals surface area contributed by atoms with E-state index >= 15 is 0 Å². The Labute approximate surface area is 68.2 Å². The molecule has 1 aromatic rings. The summed E-state index contributed by atoms with van der Waals surface area (Å²) in [7, 11) is 3.85. The quantitative estimate of drug-likeness (QED) is 0.687. The lowest BCUT2D eigenvalue weighted by atomic mass is 10.6. The number of anilines is 1. The molecule has 0 fully saturated rings. The van der Waals surface area contributed by atoms with E-state index in [9.17, 15) is 0 Å². The normalized spacial score (nSPS) is 9.50. The van der Waals surface area contributed by atoms with Gasteiger partial charge in [-0.2, -0.15) is 0 Å². The van der Waals surface area contributed by atoms with Crippen LogP contribution in [0.4, 0.5) is 5.82 Å². The molecule has 0 unspecified atom stereocenters. The number of nitrogens with zero attached hydrogens (tertiary/aromatic N) is 3. The molecule has 3 nitrogen and oxygen atoms in total. The van der Waals surface area contributed by atoms with Gasteiger partial charge in [0.15, 0.2) is 0 Å². The molecule has 1 rings (SSSR count). The number of aromatic nitrogens is 2. The molecule has 0 N–H and O–H groups in total. The third-order valence-corrected chi connectivity index (χ3v) is 1.43. The van der Waals surface area contributed by atoms with Gasteiger partial charge in [-0.3, -0.25) is 4.98 Å². The van der Waals surface area contributed by atoms with Crippen molar-refractivity contribution in [3.05, 3.63) is 17.0 Å². The van der Waals surface area contributed by atoms with Crippen molar-refractivity contribution in [2.75, 3.05) is 19.0 Å². The average molecular weight is 202 g/mol. The van der Waals surface area contributed by atoms with Crippen LogP contribution < -0.4 is 4.90 Å². The third kappa shape index (κ3) is 1.67. The average Bonchev–Trinajstić information content (AvgIpc) is 1.88. The highest BCUT2D eigenvalue weighted by Crippen LogP contribution is 2.09. The predicted molar refractivity (Wildman–Crippen MR) is 44.1 cm³/mol. The maximum atomic E-state index is 4.15. The summed E-state index contributed by atoms with van der Waals surface area (Å²) in [6.45, 7) is 0. The van der Waals surface area contributed by atoms with Gasteiger partial charge in [0.2, 0.25) is 0 Å². The summed E-state index contributed by atoms with van der Waals surface area (Å²) in [6, 6.07) is 0. The van der Waals surface area contributed by atoms with Crippen LogP contribution in [-0.4, -0.2) is 24.1 Å². The summed E-state index contributed by atoms with van der Waals surface area (Å²) in [5, 5.41) is 0. The van der Waals surface area contributed by atoms with Gasteiger partial charge < -0.3 is 4.90 Å². The van der Waals surface area contributed by atoms with Gasteiger partial charge in [0.1, 0.15) is 10.4 Å². The molecule has 1 heterocycles. The molecule has 0 aliphatic carbocycles. The third-order valence-electron chi connectivity index (χ3n) is 1.05. The molecule has 0 atom stereocenters. The molecule has 0 bridgehead atoms. The van der Waals surface area contributed by atoms with Crippen LogP contribution in [0.15, 0.2) is 17.0 Å². The zero-order valence-corrected chi connectivity index (χ0v) is 7.46. The first-order valence-electron chi connectivity index (χ1n) is 2.85. The van der Waals surface area contributed by atoms with Crippen LogP contribution >= 0.6 is 15.9 Å². The Kier molecular flexibility index (Phi) is 2.21. The molecule has 0 saturated carbocycles. The SMILES string of the molecule is CN(C)c1cncc(Br)n1. The fourth-order valence-electron chi connectivity index (χ4n) is 0.548. The van der Waals surface area contributed by atoms with Gasteiger partial charge >= 0.3 is 0 Å². The molecule has 1 aromatic heterocycles. The van der Waals surface area contributed by atoms with Crippen LogP contribution in [0, 0.1) is 0 Å². The fourth-order valence-corrected chi connectivity index (χ4v) is 0.848. The van der Waals surface area contributed by atoms with E-state index in [4.69, 9.17) is 0 Å². The summed E-state index contributed by atoms with van der Waals surface area (Å²) in [4.78, 5) is 10.0. The minimum Gasteiger partial charge on any atom is -0.361 e. The van der Waals surface area contributed by atoms with Crippen LogP contribution in [-0.2, 0) is 0 Å². The molecule has 0 saturated heterocycles. The Morgan fingerprint density at radius 2 is 2.10 bits per heavy atom. The van der Waals surface area contributed by atoms with Crippen molar-refractivity contribution in [2.45, 2.75) is 0 Å². The van der Waals surface area contributed by atoms with Gasteiger partial charge in [0.25, 0.3) is 0 Å². The zero-order valence-electron chi connectivity index (χ0n) is 5.87. The maximum absolute atomic E-state index is 4.15. The second-order valence-electron chi connectivity index (χ2n) is 2.09. The van der Waals surface area contributed by atoms with Crippen molar-refractivity contribution in [1.29, 1.82) is 0 Å². The highest BCUT2D eigenvalue weighted by atomic mass is 79.9. The van der Waals surface area contributed by atoms with Crippen LogP contribution in [0.2, 0.25) is 0 Å². The van der Waals surface area contributed by atoms with E-state index < -0.39 is 0 Å². The zero-order chi connectivity index (χ0) is 7.56. The predicted octanol–water partition coefficient (Wildman–Crippen LogP) is 1.31. The summed E-state index contributed by atoms with van der Waals surface area (Å²) in [6.07, 6.45) is 3.37. The summed E-state index contributed by atoms with van der Waals surface area (Å²) in [5.41, 5.74) is 0. The van der Waals surface area contributed by atoms with Gasteiger partial charge in [0, 0.05) is 14.1 Å². The summed E-state index contributed by atoms with van der Waals surface area (Å²) >= 11 is 3.23. The van der Waals surface area contributed by atoms with Crippen molar-refractivity contribution in [3.8, 4) is 0 Å². The number of halogens is 1. The lowest BCUT2D eigenvalue weighted by Crippen LogP contribution is -2.10. The molecule has 0 radical (unpaired) electrons. The molecular weight excluding hydrogens is 194 g/mol. The highest BCUT2D eigenvalue weighted by Gasteiger charge is 1.95. The Hall–Kier alpha value is -0.640. The van der Waals surface area contributed by atoms with E-state index in [0.29, 0.717) is 0 Å². The Morgan fingerprint density at radius 1 is 1.40 bits per heavy atom. The second kappa shape index (κ2) is 2.96. The van der Waals surface area contributed by atoms with Gasteiger partial charge in [-0.15, -0.1) is 0 Å². The lowest BCUT2D eigenvalue weighted by molar-refractivity contribution is 1.03. The minimum atomic E-state index is 0.763. The second-order valence-corrected chi connectivity index (χ2v) is 2.91. The van der Waals surface area contributed by atoms with Crippen LogP contribution in [0.25, 0.3) is 0 Å². The van der Waals surface area contributed by atoms with Gasteiger partial charge in [-0.05, 0) is 15.9 Å². The van der Waals surface area contributed by atoms with Gasteiger partial charge in [-0.25, -0.2) is 4.98 Å². The number of hydrogen-bond acceptors (Lipinski definition) is 3. The van der Waals surface area contributed by atoms with Crippen molar-refractivity contribution in [1.82, 2.24) is 9.97 Å². The number of hydrogen-bond donors (Lipinski definition) is 0. The van der Waals surface area contributed by atoms with Crippen LogP contribution in [0.5, 0.6) is 0 Å². The lowest BCUT2D eigenvalue weighted by Gasteiger charge is -2.09. The molecule has 0 amide bonds. The van der Waals surface area contributed by atoms with Gasteiger partial charge in [-0.1, -0.05) is 0 Å². The van der Waals surface area contributed by atoms with E-state index in [0.717, 1.165) is 10.4 Å². The molecule has 10 heavy (non-hydrogen) atoms. The van der Waals surface area contributed by atoms with E-state index in [-0.39, 0.29) is 0 Å². The monoisotopic (exact) mass is 201 g/mol. The molecule has 0 aromatic carbocycles. The highest BCUT2D eigenvalue weighted by molar-refractivity contribution is 9.10. The van der Waals surface area contributed by atoms with Gasteiger partial charge in [0.05, 0.1) is 12.4 Å². The first kappa shape index (κ1) is 7.47. The minimum absolute atomic E-state index is 0.763. The molecular formula is C6H8BrN3. The molecule has 4 heteroatoms. The Balaban J connectivity index is 2.96. The van der Waals surface area contributed by atoms with Crippen molar-refractivity contribution >= 4 is 21.7 Å². The van der Waals surface area contributed by atoms with E-state index in [1.807, 2.05) is 19.0 Å². The summed E-state index contributed by atoms with van der Waals surface area (Å²) < 4.78 is 0.763. The van der Waals surface area contributed by atoms with Crippen LogP contribution in [0.1, 0.15) is 0 Å². The largest absolute Gasteiger partial charge is 0.361 e. The van der Waals surface area contributed by atoms with Crippen LogP contribution in [0.3, 0.4) is 0 Å². The molecule has 0 aliphatic rings. The Morgan fingerprint density at radius 3 is 2.50 bits per heavy atom. The molecule has 54 valence electrons. The smallest absolute Gasteiger partial charge is 0.147 e. The van der Waals surface area contributed by atoms with Crippen molar-refractivity contribution in [2.24, 2.45) is 0 Å². The topological polar surface area (TPSA) is 29.0 Å². The maximum Gasteiger partial charge on any atom is 0.147 e. The fraction of sp³-hybridized carbons (Fsp3) is 0.333. The number of rotatable bonds is 1. The Bertz CT molecular complexity index is 224. The van der Waals surface area contributed by atoms with E-state index in [1.165, 1.54) is 0 Å². The standard InChI is InChI=1S/C6H8BrN3/c1-10(2)6-4-8-3-5(7)9-6/h3-4H,1-2H3. The van der Waals surface area contributed by atoms with Crippen molar-refractivity contribution < 1.29 is 0 Å². The summed E-state index contributed by atoms with van der Waals surface area (Å²) in [5.74, 6) is 0.856. The molecule has 0 aliphatic heterocycles.